The molecule has 2 atom stereocenters. The van der Waals surface area contributed by atoms with Gasteiger partial charge in [0.05, 0.1) is 30.8 Å². The van der Waals surface area contributed by atoms with E-state index >= 15 is 0 Å². The monoisotopic (exact) mass is 641 g/mol. The van der Waals surface area contributed by atoms with Gasteiger partial charge in [0, 0.05) is 20.4 Å². The van der Waals surface area contributed by atoms with Crippen molar-refractivity contribution >= 4 is 66.5 Å². The second kappa shape index (κ2) is 12.2. The smallest absolute Gasteiger partial charge is 0.347 e. The number of methoxy groups -OCH3 is 1. The van der Waals surface area contributed by atoms with Crippen LogP contribution in [-0.2, 0) is 9.53 Å². The predicted octanol–water partition coefficient (Wildman–Crippen LogP) is 6.31. The highest BCUT2D eigenvalue weighted by molar-refractivity contribution is 9.10. The highest BCUT2D eigenvalue weighted by atomic mass is 79.9. The SMILES string of the molecule is CCOC(=O)[C@@H](C)Oc1c(OC)cc(C=Nn2c([C@@H](C)CC)nc3ccc(Br)cc3c2=O)c(Br)c1Cl. The molecule has 0 fully saturated rings. The summed E-state index contributed by atoms with van der Waals surface area (Å²) in [6, 6.07) is 7.02. The summed E-state index contributed by atoms with van der Waals surface area (Å²) >= 11 is 13.5. The first kappa shape index (κ1) is 28.1. The van der Waals surface area contributed by atoms with E-state index in [2.05, 4.69) is 37.0 Å². The second-order valence-corrected chi connectivity index (χ2v) is 10.0. The van der Waals surface area contributed by atoms with Gasteiger partial charge in [0.25, 0.3) is 5.56 Å². The van der Waals surface area contributed by atoms with Gasteiger partial charge in [0.15, 0.2) is 17.6 Å². The minimum Gasteiger partial charge on any atom is -0.493 e. The number of aromatic nitrogens is 2. The van der Waals surface area contributed by atoms with E-state index in [0.29, 0.717) is 26.8 Å². The van der Waals surface area contributed by atoms with E-state index in [0.717, 1.165) is 10.9 Å². The molecule has 3 rings (SSSR count). The van der Waals surface area contributed by atoms with Crippen LogP contribution in [0.4, 0.5) is 0 Å². The molecule has 0 spiro atoms. The zero-order valence-corrected chi connectivity index (χ0v) is 24.4. The molecule has 0 saturated heterocycles. The van der Waals surface area contributed by atoms with E-state index in [9.17, 15) is 9.59 Å². The molecule has 0 radical (unpaired) electrons. The molecular weight excluding hydrogens is 618 g/mol. The molecule has 0 amide bonds. The van der Waals surface area contributed by atoms with Crippen molar-refractivity contribution in [3.63, 3.8) is 0 Å². The number of carbonyl (C=O) groups excluding carboxylic acids is 1. The molecule has 1 aromatic heterocycles. The molecule has 192 valence electrons. The van der Waals surface area contributed by atoms with Crippen LogP contribution < -0.4 is 15.0 Å². The van der Waals surface area contributed by atoms with Crippen LogP contribution >= 0.6 is 43.5 Å². The molecule has 0 unspecified atom stereocenters. The Labute approximate surface area is 230 Å². The van der Waals surface area contributed by atoms with Crippen LogP contribution in [0.25, 0.3) is 10.9 Å². The van der Waals surface area contributed by atoms with Gasteiger partial charge in [0.2, 0.25) is 0 Å². The maximum Gasteiger partial charge on any atom is 0.347 e. The summed E-state index contributed by atoms with van der Waals surface area (Å²) < 4.78 is 18.7. The van der Waals surface area contributed by atoms with Crippen LogP contribution in [0.5, 0.6) is 11.5 Å². The summed E-state index contributed by atoms with van der Waals surface area (Å²) in [4.78, 5) is 30.1. The van der Waals surface area contributed by atoms with Gasteiger partial charge < -0.3 is 14.2 Å². The first-order chi connectivity index (χ1) is 17.1. The van der Waals surface area contributed by atoms with Crippen LogP contribution in [0.15, 0.2) is 43.1 Å². The van der Waals surface area contributed by atoms with Crippen molar-refractivity contribution < 1.29 is 19.0 Å². The maximum atomic E-state index is 13.4. The van der Waals surface area contributed by atoms with Crippen LogP contribution in [0.3, 0.4) is 0 Å². The van der Waals surface area contributed by atoms with Crippen LogP contribution in [0, 0.1) is 0 Å². The van der Waals surface area contributed by atoms with Crippen LogP contribution in [-0.4, -0.2) is 41.7 Å². The zero-order chi connectivity index (χ0) is 26.6. The van der Waals surface area contributed by atoms with Crippen LogP contribution in [0.1, 0.15) is 51.4 Å². The molecular formula is C25H26Br2ClN3O5. The lowest BCUT2D eigenvalue weighted by atomic mass is 10.1. The second-order valence-electron chi connectivity index (χ2n) is 7.94. The van der Waals surface area contributed by atoms with Gasteiger partial charge in [-0.15, -0.1) is 0 Å². The Hall–Kier alpha value is -2.43. The molecule has 0 saturated carbocycles. The molecule has 0 N–H and O–H groups in total. The third-order valence-electron chi connectivity index (χ3n) is 5.49. The summed E-state index contributed by atoms with van der Waals surface area (Å²) in [5.74, 6) is 0.481. The minimum atomic E-state index is -0.901. The van der Waals surface area contributed by atoms with Crippen LogP contribution in [0.2, 0.25) is 5.02 Å². The van der Waals surface area contributed by atoms with Crippen molar-refractivity contribution in [3.05, 3.63) is 60.0 Å². The lowest BCUT2D eigenvalue weighted by Crippen LogP contribution is -2.26. The number of hydrogen-bond acceptors (Lipinski definition) is 7. The number of nitrogens with zero attached hydrogens (tertiary/aromatic N) is 3. The molecule has 0 aliphatic carbocycles. The zero-order valence-electron chi connectivity index (χ0n) is 20.5. The molecule has 0 bridgehead atoms. The minimum absolute atomic E-state index is 0.00963. The van der Waals surface area contributed by atoms with Gasteiger partial charge in [-0.2, -0.15) is 9.78 Å². The molecule has 0 aliphatic heterocycles. The summed E-state index contributed by atoms with van der Waals surface area (Å²) in [7, 11) is 1.46. The number of ether oxygens (including phenoxy) is 3. The van der Waals surface area contributed by atoms with E-state index in [-0.39, 0.29) is 34.6 Å². The van der Waals surface area contributed by atoms with E-state index in [1.807, 2.05) is 19.9 Å². The largest absolute Gasteiger partial charge is 0.493 e. The van der Waals surface area contributed by atoms with Crippen molar-refractivity contribution in [2.45, 2.75) is 46.1 Å². The fourth-order valence-corrected chi connectivity index (χ4v) is 4.35. The molecule has 1 heterocycles. The number of rotatable bonds is 9. The summed E-state index contributed by atoms with van der Waals surface area (Å²) in [6.07, 6.45) is 1.37. The molecule has 3 aromatic rings. The highest BCUT2D eigenvalue weighted by Gasteiger charge is 2.23. The van der Waals surface area contributed by atoms with Gasteiger partial charge in [0.1, 0.15) is 10.8 Å². The Bertz CT molecular complexity index is 1380. The number of halogens is 3. The fourth-order valence-electron chi connectivity index (χ4n) is 3.34. The Morgan fingerprint density at radius 3 is 2.61 bits per heavy atom. The van der Waals surface area contributed by atoms with Crippen molar-refractivity contribution in [2.75, 3.05) is 13.7 Å². The number of hydrogen-bond donors (Lipinski definition) is 0. The quantitative estimate of drug-likeness (QED) is 0.201. The number of fused-ring (bicyclic) bond motifs is 1. The van der Waals surface area contributed by atoms with Gasteiger partial charge in [-0.3, -0.25) is 4.79 Å². The lowest BCUT2D eigenvalue weighted by Gasteiger charge is -2.18. The predicted molar refractivity (Wildman–Crippen MR) is 148 cm³/mol. The number of esters is 1. The van der Waals surface area contributed by atoms with Crippen molar-refractivity contribution in [1.29, 1.82) is 0 Å². The topological polar surface area (TPSA) is 92.0 Å². The van der Waals surface area contributed by atoms with E-state index in [1.165, 1.54) is 18.0 Å². The van der Waals surface area contributed by atoms with Crippen molar-refractivity contribution in [3.8, 4) is 11.5 Å². The molecule has 11 heteroatoms. The average molecular weight is 644 g/mol. The summed E-state index contributed by atoms with van der Waals surface area (Å²) in [5, 5.41) is 5.11. The average Bonchev–Trinajstić information content (AvgIpc) is 2.86. The normalized spacial score (nSPS) is 13.1. The van der Waals surface area contributed by atoms with Crippen molar-refractivity contribution in [1.82, 2.24) is 9.66 Å². The number of carbonyl (C=O) groups is 1. The fraction of sp³-hybridized carbons (Fsp3) is 0.360. The third-order valence-corrected chi connectivity index (χ3v) is 7.42. The maximum absolute atomic E-state index is 13.4. The Morgan fingerprint density at radius 2 is 1.97 bits per heavy atom. The van der Waals surface area contributed by atoms with Gasteiger partial charge in [-0.25, -0.2) is 9.78 Å². The highest BCUT2D eigenvalue weighted by Crippen LogP contribution is 2.42. The first-order valence-electron chi connectivity index (χ1n) is 11.3. The van der Waals surface area contributed by atoms with E-state index in [1.54, 1.807) is 32.0 Å². The summed E-state index contributed by atoms with van der Waals surface area (Å²) in [6.45, 7) is 7.52. The van der Waals surface area contributed by atoms with E-state index in [4.69, 9.17) is 30.8 Å². The van der Waals surface area contributed by atoms with Gasteiger partial charge >= 0.3 is 5.97 Å². The van der Waals surface area contributed by atoms with Gasteiger partial charge in [-0.05, 0) is 60.5 Å². The Morgan fingerprint density at radius 1 is 1.25 bits per heavy atom. The van der Waals surface area contributed by atoms with Gasteiger partial charge in [-0.1, -0.05) is 41.4 Å². The summed E-state index contributed by atoms with van der Waals surface area (Å²) in [5.41, 5.74) is 0.850. The Balaban J connectivity index is 2.10. The lowest BCUT2D eigenvalue weighted by molar-refractivity contribution is -0.150. The standard InChI is InChI=1S/C25H26Br2ClN3O5/c1-6-13(3)23-30-18-9-8-16(26)11-17(18)24(32)31(23)29-12-15-10-19(34-5)22(21(28)20(15)27)36-14(4)25(33)35-7-2/h8-14H,6-7H2,1-5H3/t13-,14+/m0/s1. The molecule has 36 heavy (non-hydrogen) atoms. The number of benzene rings is 2. The molecule has 8 nitrogen and oxygen atoms in total. The molecule has 2 aromatic carbocycles. The van der Waals surface area contributed by atoms with Crippen molar-refractivity contribution in [2.24, 2.45) is 5.10 Å². The first-order valence-corrected chi connectivity index (χ1v) is 13.2. The Kier molecular flexibility index (Phi) is 9.54. The molecule has 0 aliphatic rings. The third kappa shape index (κ3) is 5.92. The van der Waals surface area contributed by atoms with E-state index < -0.39 is 12.1 Å².